The molecule has 3 aromatic rings. The highest BCUT2D eigenvalue weighted by Crippen LogP contribution is 2.36. The van der Waals surface area contributed by atoms with Crippen molar-refractivity contribution < 1.29 is 19.3 Å². The van der Waals surface area contributed by atoms with Crippen molar-refractivity contribution >= 4 is 0 Å². The van der Waals surface area contributed by atoms with Gasteiger partial charge in [0, 0.05) is 26.2 Å². The predicted octanol–water partition coefficient (Wildman–Crippen LogP) is 4.90. The number of hydrogen-bond donors (Lipinski definition) is 1. The molecule has 2 aromatic carbocycles. The third-order valence-corrected chi connectivity index (χ3v) is 6.26. The van der Waals surface area contributed by atoms with Crippen LogP contribution in [-0.2, 0) is 11.3 Å². The Labute approximate surface area is 207 Å². The Balaban J connectivity index is 1.74. The summed E-state index contributed by atoms with van der Waals surface area (Å²) in [7, 11) is 1.63. The molecule has 0 aliphatic carbocycles. The SMILES string of the molecule is C=C[C@](C)(O)CN(Cc1c(C)nn(-c2ccccc2)c1Oc1ccccc1OC)C[C@@H]1CCCO1. The van der Waals surface area contributed by atoms with E-state index in [1.807, 2.05) is 66.2 Å². The van der Waals surface area contributed by atoms with Crippen molar-refractivity contribution in [2.45, 2.75) is 44.9 Å². The van der Waals surface area contributed by atoms with Crippen LogP contribution in [0.25, 0.3) is 5.69 Å². The summed E-state index contributed by atoms with van der Waals surface area (Å²) >= 11 is 0. The summed E-state index contributed by atoms with van der Waals surface area (Å²) in [6.07, 6.45) is 3.80. The van der Waals surface area contributed by atoms with E-state index >= 15 is 0 Å². The summed E-state index contributed by atoms with van der Waals surface area (Å²) in [4.78, 5) is 2.20. The first-order chi connectivity index (χ1) is 16.9. The summed E-state index contributed by atoms with van der Waals surface area (Å²) in [5.41, 5.74) is 1.66. The van der Waals surface area contributed by atoms with Crippen LogP contribution < -0.4 is 9.47 Å². The number of aliphatic hydroxyl groups is 1. The standard InChI is InChI=1S/C28H35N3O4/c1-5-28(3,32)20-30(18-23-14-11-17-34-23)19-24-21(2)29-31(22-12-7-6-8-13-22)27(24)35-26-16-10-9-15-25(26)33-4/h5-10,12-13,15-16,23,32H,1,11,14,17-20H2,2-4H3/t23-,28-/m0/s1. The highest BCUT2D eigenvalue weighted by atomic mass is 16.5. The first-order valence-corrected chi connectivity index (χ1v) is 12.0. The van der Waals surface area contributed by atoms with Crippen LogP contribution in [0.4, 0.5) is 0 Å². The van der Waals surface area contributed by atoms with Crippen molar-refractivity contribution in [3.05, 3.63) is 78.5 Å². The van der Waals surface area contributed by atoms with Crippen LogP contribution in [0, 0.1) is 6.92 Å². The Morgan fingerprint density at radius 3 is 2.57 bits per heavy atom. The van der Waals surface area contributed by atoms with Gasteiger partial charge in [-0.15, -0.1) is 6.58 Å². The van der Waals surface area contributed by atoms with Gasteiger partial charge in [0.25, 0.3) is 0 Å². The maximum atomic E-state index is 10.8. The van der Waals surface area contributed by atoms with Gasteiger partial charge in [-0.1, -0.05) is 36.4 Å². The number of aromatic nitrogens is 2. The molecule has 0 radical (unpaired) electrons. The molecule has 1 aliphatic rings. The molecule has 35 heavy (non-hydrogen) atoms. The molecule has 1 N–H and O–H groups in total. The molecule has 1 saturated heterocycles. The van der Waals surface area contributed by atoms with E-state index in [4.69, 9.17) is 19.3 Å². The Morgan fingerprint density at radius 1 is 1.20 bits per heavy atom. The molecule has 186 valence electrons. The van der Waals surface area contributed by atoms with Gasteiger partial charge in [-0.2, -0.15) is 5.10 Å². The van der Waals surface area contributed by atoms with Crippen LogP contribution in [0.1, 0.15) is 31.0 Å². The van der Waals surface area contributed by atoms with Gasteiger partial charge < -0.3 is 19.3 Å². The van der Waals surface area contributed by atoms with Crippen molar-refractivity contribution in [1.82, 2.24) is 14.7 Å². The van der Waals surface area contributed by atoms with E-state index in [1.165, 1.54) is 0 Å². The van der Waals surface area contributed by atoms with Gasteiger partial charge in [-0.3, -0.25) is 4.90 Å². The van der Waals surface area contributed by atoms with Gasteiger partial charge in [-0.05, 0) is 51.0 Å². The van der Waals surface area contributed by atoms with Crippen molar-refractivity contribution in [2.75, 3.05) is 26.8 Å². The monoisotopic (exact) mass is 477 g/mol. The Bertz CT molecular complexity index is 1120. The molecule has 0 spiro atoms. The van der Waals surface area contributed by atoms with E-state index in [9.17, 15) is 5.11 Å². The quantitative estimate of drug-likeness (QED) is 0.396. The molecule has 0 saturated carbocycles. The number of para-hydroxylation sites is 3. The van der Waals surface area contributed by atoms with E-state index in [0.29, 0.717) is 37.0 Å². The van der Waals surface area contributed by atoms with Crippen LogP contribution in [0.3, 0.4) is 0 Å². The second-order valence-corrected chi connectivity index (χ2v) is 9.24. The second-order valence-electron chi connectivity index (χ2n) is 9.24. The number of nitrogens with zero attached hydrogens (tertiary/aromatic N) is 3. The lowest BCUT2D eigenvalue weighted by Crippen LogP contribution is -2.42. The molecule has 4 rings (SSSR count). The average Bonchev–Trinajstić information content (AvgIpc) is 3.48. The molecule has 7 nitrogen and oxygen atoms in total. The number of methoxy groups -OCH3 is 1. The zero-order valence-electron chi connectivity index (χ0n) is 20.8. The highest BCUT2D eigenvalue weighted by Gasteiger charge is 2.28. The first kappa shape index (κ1) is 25.0. The molecule has 1 fully saturated rings. The third kappa shape index (κ3) is 6.11. The fraction of sp³-hybridized carbons (Fsp3) is 0.393. The van der Waals surface area contributed by atoms with Crippen molar-refractivity contribution in [3.63, 3.8) is 0 Å². The molecule has 0 bridgehead atoms. The second kappa shape index (κ2) is 11.1. The lowest BCUT2D eigenvalue weighted by Gasteiger charge is -2.31. The van der Waals surface area contributed by atoms with Crippen molar-refractivity contribution in [3.8, 4) is 23.1 Å². The summed E-state index contributed by atoms with van der Waals surface area (Å²) in [6, 6.07) is 17.5. The Morgan fingerprint density at radius 2 is 1.91 bits per heavy atom. The number of rotatable bonds is 11. The molecular weight excluding hydrogens is 442 g/mol. The smallest absolute Gasteiger partial charge is 0.227 e. The van der Waals surface area contributed by atoms with Gasteiger partial charge in [0.05, 0.1) is 35.8 Å². The largest absolute Gasteiger partial charge is 0.493 e. The van der Waals surface area contributed by atoms with Crippen LogP contribution >= 0.6 is 0 Å². The first-order valence-electron chi connectivity index (χ1n) is 12.0. The number of benzene rings is 2. The minimum atomic E-state index is -1.04. The van der Waals surface area contributed by atoms with Gasteiger partial charge in [0.1, 0.15) is 0 Å². The summed E-state index contributed by atoms with van der Waals surface area (Å²) < 4.78 is 19.8. The van der Waals surface area contributed by atoms with Gasteiger partial charge in [0.2, 0.25) is 5.88 Å². The molecule has 7 heteroatoms. The number of aryl methyl sites for hydroxylation is 1. The van der Waals surface area contributed by atoms with E-state index in [1.54, 1.807) is 20.1 Å². The molecule has 0 unspecified atom stereocenters. The summed E-state index contributed by atoms with van der Waals surface area (Å²) in [6.45, 7) is 10.0. The van der Waals surface area contributed by atoms with Crippen LogP contribution in [-0.4, -0.2) is 58.3 Å². The molecule has 0 amide bonds. The highest BCUT2D eigenvalue weighted by molar-refractivity contribution is 5.47. The molecule has 1 aliphatic heterocycles. The molecule has 2 heterocycles. The van der Waals surface area contributed by atoms with Crippen molar-refractivity contribution in [1.29, 1.82) is 0 Å². The summed E-state index contributed by atoms with van der Waals surface area (Å²) in [5.74, 6) is 1.87. The lowest BCUT2D eigenvalue weighted by atomic mass is 10.1. The maximum Gasteiger partial charge on any atom is 0.227 e. The van der Waals surface area contributed by atoms with Crippen LogP contribution in [0.2, 0.25) is 0 Å². The number of hydrogen-bond acceptors (Lipinski definition) is 6. The minimum Gasteiger partial charge on any atom is -0.493 e. The van der Waals surface area contributed by atoms with E-state index in [-0.39, 0.29) is 6.10 Å². The maximum absolute atomic E-state index is 10.8. The van der Waals surface area contributed by atoms with Gasteiger partial charge >= 0.3 is 0 Å². The normalized spacial score (nSPS) is 17.3. The van der Waals surface area contributed by atoms with E-state index < -0.39 is 5.60 Å². The zero-order chi connectivity index (χ0) is 24.8. The average molecular weight is 478 g/mol. The van der Waals surface area contributed by atoms with Crippen LogP contribution in [0.5, 0.6) is 17.4 Å². The Kier molecular flexibility index (Phi) is 7.90. The van der Waals surface area contributed by atoms with Gasteiger partial charge in [-0.25, -0.2) is 4.68 Å². The van der Waals surface area contributed by atoms with Crippen LogP contribution in [0.15, 0.2) is 67.3 Å². The zero-order valence-corrected chi connectivity index (χ0v) is 20.8. The van der Waals surface area contributed by atoms with Crippen molar-refractivity contribution in [2.24, 2.45) is 0 Å². The summed E-state index contributed by atoms with van der Waals surface area (Å²) in [5, 5.41) is 15.6. The molecule has 2 atom stereocenters. The molecular formula is C28H35N3O4. The molecule has 1 aromatic heterocycles. The fourth-order valence-electron chi connectivity index (χ4n) is 4.38. The minimum absolute atomic E-state index is 0.138. The fourth-order valence-corrected chi connectivity index (χ4v) is 4.38. The number of ether oxygens (including phenoxy) is 3. The lowest BCUT2D eigenvalue weighted by molar-refractivity contribution is 0.0239. The third-order valence-electron chi connectivity index (χ3n) is 6.26. The van der Waals surface area contributed by atoms with E-state index in [0.717, 1.165) is 36.4 Å². The van der Waals surface area contributed by atoms with E-state index in [2.05, 4.69) is 11.5 Å². The Hall–Kier alpha value is -3.13. The topological polar surface area (TPSA) is 69.0 Å². The predicted molar refractivity (Wildman–Crippen MR) is 136 cm³/mol. The van der Waals surface area contributed by atoms with Gasteiger partial charge in [0.15, 0.2) is 11.5 Å².